The smallest absolute Gasteiger partial charge is 0.0914 e. The average molecular weight is 165 g/mol. The van der Waals surface area contributed by atoms with Crippen LogP contribution < -0.4 is 5.32 Å². The number of aliphatic hydroxyl groups excluding tert-OH is 1. The first-order valence-corrected chi connectivity index (χ1v) is 4.13. The van der Waals surface area contributed by atoms with Crippen molar-refractivity contribution >= 4 is 0 Å². The predicted octanol–water partition coefficient (Wildman–Crippen LogP) is 1.25. The quantitative estimate of drug-likeness (QED) is 0.706. The van der Waals surface area contributed by atoms with Crippen molar-refractivity contribution in [3.05, 3.63) is 35.4 Å². The monoisotopic (exact) mass is 165 g/mol. The highest BCUT2D eigenvalue weighted by atomic mass is 16.3. The van der Waals surface area contributed by atoms with Gasteiger partial charge >= 0.3 is 0 Å². The van der Waals surface area contributed by atoms with Crippen LogP contribution in [0, 0.1) is 6.92 Å². The first kappa shape index (κ1) is 9.23. The lowest BCUT2D eigenvalue weighted by Crippen LogP contribution is -2.16. The van der Waals surface area contributed by atoms with E-state index in [1.54, 1.807) is 0 Å². The molecule has 0 fully saturated rings. The largest absolute Gasteiger partial charge is 0.387 e. The van der Waals surface area contributed by atoms with Gasteiger partial charge in [0.1, 0.15) is 0 Å². The summed E-state index contributed by atoms with van der Waals surface area (Å²) in [6.45, 7) is 2.62. The van der Waals surface area contributed by atoms with Crippen LogP contribution >= 0.6 is 0 Å². The second-order valence-corrected chi connectivity index (χ2v) is 2.99. The van der Waals surface area contributed by atoms with Crippen LogP contribution in [0.1, 0.15) is 17.2 Å². The Morgan fingerprint density at radius 2 is 2.25 bits per heavy atom. The minimum absolute atomic E-state index is 0.394. The second-order valence-electron chi connectivity index (χ2n) is 2.99. The Morgan fingerprint density at radius 3 is 2.83 bits per heavy atom. The van der Waals surface area contributed by atoms with E-state index in [0.717, 1.165) is 5.56 Å². The molecule has 0 saturated carbocycles. The number of aliphatic hydroxyl groups is 1. The van der Waals surface area contributed by atoms with Gasteiger partial charge in [0.2, 0.25) is 0 Å². The Bertz CT molecular complexity index is 247. The van der Waals surface area contributed by atoms with Gasteiger partial charge in [-0.25, -0.2) is 0 Å². The number of hydrogen-bond donors (Lipinski definition) is 2. The van der Waals surface area contributed by atoms with Crippen molar-refractivity contribution < 1.29 is 5.11 Å². The van der Waals surface area contributed by atoms with E-state index in [0.29, 0.717) is 6.54 Å². The van der Waals surface area contributed by atoms with Crippen LogP contribution in [0.25, 0.3) is 0 Å². The standard InChI is InChI=1S/C10H15NO/c1-8-4-3-5-9(6-8)10(12)7-11-2/h3-6,10-12H,7H2,1-2H3/t10-/m0/s1. The fourth-order valence-electron chi connectivity index (χ4n) is 1.19. The molecule has 0 aliphatic carbocycles. The molecule has 0 spiro atoms. The van der Waals surface area contributed by atoms with Gasteiger partial charge < -0.3 is 10.4 Å². The highest BCUT2D eigenvalue weighted by molar-refractivity contribution is 5.24. The summed E-state index contributed by atoms with van der Waals surface area (Å²) in [5.74, 6) is 0. The maximum atomic E-state index is 9.58. The Labute approximate surface area is 73.2 Å². The minimum atomic E-state index is -0.394. The van der Waals surface area contributed by atoms with E-state index in [9.17, 15) is 5.11 Å². The Morgan fingerprint density at radius 1 is 1.50 bits per heavy atom. The highest BCUT2D eigenvalue weighted by Gasteiger charge is 2.04. The van der Waals surface area contributed by atoms with Gasteiger partial charge in [0, 0.05) is 6.54 Å². The molecule has 0 bridgehead atoms. The lowest BCUT2D eigenvalue weighted by molar-refractivity contribution is 0.177. The molecule has 2 N–H and O–H groups in total. The zero-order valence-electron chi connectivity index (χ0n) is 7.54. The molecule has 2 nitrogen and oxygen atoms in total. The van der Waals surface area contributed by atoms with Crippen molar-refractivity contribution in [2.45, 2.75) is 13.0 Å². The van der Waals surface area contributed by atoms with Crippen LogP contribution in [0.15, 0.2) is 24.3 Å². The molecule has 2 heteroatoms. The van der Waals surface area contributed by atoms with Gasteiger partial charge in [-0.2, -0.15) is 0 Å². The molecule has 1 aromatic rings. The van der Waals surface area contributed by atoms with Gasteiger partial charge in [-0.1, -0.05) is 29.8 Å². The summed E-state index contributed by atoms with van der Waals surface area (Å²) >= 11 is 0. The molecular formula is C10H15NO. The molecule has 0 amide bonds. The Balaban J connectivity index is 2.73. The summed E-state index contributed by atoms with van der Waals surface area (Å²) in [5, 5.41) is 12.5. The number of rotatable bonds is 3. The molecule has 0 unspecified atom stereocenters. The predicted molar refractivity (Wildman–Crippen MR) is 50.1 cm³/mol. The Kier molecular flexibility index (Phi) is 3.26. The summed E-state index contributed by atoms with van der Waals surface area (Å²) in [4.78, 5) is 0. The maximum absolute atomic E-state index is 9.58. The van der Waals surface area contributed by atoms with Crippen LogP contribution in [0.4, 0.5) is 0 Å². The molecule has 0 aromatic heterocycles. The molecule has 12 heavy (non-hydrogen) atoms. The van der Waals surface area contributed by atoms with E-state index in [2.05, 4.69) is 5.32 Å². The first-order valence-electron chi connectivity index (χ1n) is 4.13. The fraction of sp³-hybridized carbons (Fsp3) is 0.400. The van der Waals surface area contributed by atoms with Crippen LogP contribution in [0.3, 0.4) is 0 Å². The van der Waals surface area contributed by atoms with Gasteiger partial charge in [-0.05, 0) is 19.5 Å². The molecule has 0 aliphatic rings. The highest BCUT2D eigenvalue weighted by Crippen LogP contribution is 2.12. The Hall–Kier alpha value is -0.860. The first-order chi connectivity index (χ1) is 5.74. The molecule has 1 rings (SSSR count). The SMILES string of the molecule is CNC[C@H](O)c1cccc(C)c1. The zero-order chi connectivity index (χ0) is 8.97. The topological polar surface area (TPSA) is 32.3 Å². The van der Waals surface area contributed by atoms with Crippen LogP contribution in [-0.2, 0) is 0 Å². The van der Waals surface area contributed by atoms with Crippen LogP contribution in [0.2, 0.25) is 0 Å². The average Bonchev–Trinajstić information content (AvgIpc) is 2.05. The number of likely N-dealkylation sites (N-methyl/N-ethyl adjacent to an activating group) is 1. The van der Waals surface area contributed by atoms with E-state index in [4.69, 9.17) is 0 Å². The van der Waals surface area contributed by atoms with Gasteiger partial charge in [0.15, 0.2) is 0 Å². The molecule has 1 atom stereocenters. The molecule has 0 radical (unpaired) electrons. The molecule has 0 aliphatic heterocycles. The maximum Gasteiger partial charge on any atom is 0.0914 e. The van der Waals surface area contributed by atoms with Gasteiger partial charge in [-0.15, -0.1) is 0 Å². The number of benzene rings is 1. The van der Waals surface area contributed by atoms with Crippen molar-refractivity contribution in [3.63, 3.8) is 0 Å². The van der Waals surface area contributed by atoms with Crippen molar-refractivity contribution in [2.24, 2.45) is 0 Å². The molecule has 0 saturated heterocycles. The molecule has 66 valence electrons. The molecule has 0 heterocycles. The van der Waals surface area contributed by atoms with Crippen LogP contribution in [-0.4, -0.2) is 18.7 Å². The van der Waals surface area contributed by atoms with Gasteiger partial charge in [0.05, 0.1) is 6.10 Å². The van der Waals surface area contributed by atoms with E-state index in [1.165, 1.54) is 5.56 Å². The third-order valence-electron chi connectivity index (χ3n) is 1.82. The minimum Gasteiger partial charge on any atom is -0.387 e. The van der Waals surface area contributed by atoms with Crippen molar-refractivity contribution in [2.75, 3.05) is 13.6 Å². The van der Waals surface area contributed by atoms with E-state index >= 15 is 0 Å². The summed E-state index contributed by atoms with van der Waals surface area (Å²) in [6, 6.07) is 7.93. The summed E-state index contributed by atoms with van der Waals surface area (Å²) in [7, 11) is 1.83. The third-order valence-corrected chi connectivity index (χ3v) is 1.82. The van der Waals surface area contributed by atoms with Crippen LogP contribution in [0.5, 0.6) is 0 Å². The summed E-state index contributed by atoms with van der Waals surface area (Å²) in [5.41, 5.74) is 2.16. The van der Waals surface area contributed by atoms with Crippen molar-refractivity contribution in [1.29, 1.82) is 0 Å². The zero-order valence-corrected chi connectivity index (χ0v) is 7.54. The summed E-state index contributed by atoms with van der Waals surface area (Å²) < 4.78 is 0. The van der Waals surface area contributed by atoms with Crippen molar-refractivity contribution in [1.82, 2.24) is 5.32 Å². The number of hydrogen-bond acceptors (Lipinski definition) is 2. The van der Waals surface area contributed by atoms with E-state index < -0.39 is 6.10 Å². The lowest BCUT2D eigenvalue weighted by Gasteiger charge is -2.10. The number of nitrogens with one attached hydrogen (secondary N) is 1. The second kappa shape index (κ2) is 4.24. The lowest BCUT2D eigenvalue weighted by atomic mass is 10.1. The van der Waals surface area contributed by atoms with Gasteiger partial charge in [0.25, 0.3) is 0 Å². The van der Waals surface area contributed by atoms with Crippen molar-refractivity contribution in [3.8, 4) is 0 Å². The van der Waals surface area contributed by atoms with E-state index in [1.807, 2.05) is 38.2 Å². The third kappa shape index (κ3) is 2.32. The fourth-order valence-corrected chi connectivity index (χ4v) is 1.19. The molecule has 1 aromatic carbocycles. The summed E-state index contributed by atoms with van der Waals surface area (Å²) in [6.07, 6.45) is -0.394. The van der Waals surface area contributed by atoms with E-state index in [-0.39, 0.29) is 0 Å². The normalized spacial score (nSPS) is 12.9. The van der Waals surface area contributed by atoms with Gasteiger partial charge in [-0.3, -0.25) is 0 Å². The molecular weight excluding hydrogens is 150 g/mol. The number of aryl methyl sites for hydroxylation is 1.